The van der Waals surface area contributed by atoms with Crippen LogP contribution in [0, 0.1) is 13.8 Å². The molecular weight excluding hydrogens is 278 g/mol. The van der Waals surface area contributed by atoms with Crippen molar-refractivity contribution in [1.29, 1.82) is 0 Å². The summed E-state index contributed by atoms with van der Waals surface area (Å²) in [6.07, 6.45) is 0. The summed E-state index contributed by atoms with van der Waals surface area (Å²) in [5.74, 6) is 1.50. The van der Waals surface area contributed by atoms with E-state index >= 15 is 0 Å². The lowest BCUT2D eigenvalue weighted by Crippen LogP contribution is -2.10. The second-order valence-electron chi connectivity index (χ2n) is 4.35. The Balaban J connectivity index is 2.26. The largest absolute Gasteiger partial charge is 0.457 e. The maximum absolute atomic E-state index is 5.98. The number of rotatable bonds is 3. The maximum Gasteiger partial charge on any atom is 0.127 e. The van der Waals surface area contributed by atoms with Crippen LogP contribution in [0.25, 0.3) is 0 Å². The predicted molar refractivity (Wildman–Crippen MR) is 83.3 cm³/mol. The van der Waals surface area contributed by atoms with Crippen molar-refractivity contribution in [2.45, 2.75) is 13.8 Å². The molecule has 0 amide bonds. The number of benzene rings is 2. The molecule has 2 nitrogen and oxygen atoms in total. The van der Waals surface area contributed by atoms with Crippen molar-refractivity contribution in [3.05, 3.63) is 58.1 Å². The minimum Gasteiger partial charge on any atom is -0.457 e. The number of hydrogen-bond donors (Lipinski definition) is 1. The van der Waals surface area contributed by atoms with Crippen molar-refractivity contribution in [3.63, 3.8) is 0 Å². The van der Waals surface area contributed by atoms with Gasteiger partial charge in [0, 0.05) is 10.6 Å². The van der Waals surface area contributed by atoms with Crippen LogP contribution in [0.15, 0.2) is 36.4 Å². The van der Waals surface area contributed by atoms with E-state index in [9.17, 15) is 0 Å². The Morgan fingerprint density at radius 2 is 1.63 bits per heavy atom. The SMILES string of the molecule is Cc1cc(Oc2ccc(C(N)=S)c(C)c2)ccc1Cl. The van der Waals surface area contributed by atoms with Gasteiger partial charge >= 0.3 is 0 Å². The number of halogens is 1. The molecular formula is C15H14ClNOS. The molecule has 0 bridgehead atoms. The monoisotopic (exact) mass is 291 g/mol. The molecule has 98 valence electrons. The molecule has 2 aromatic carbocycles. The molecule has 4 heteroatoms. The molecule has 0 radical (unpaired) electrons. The molecule has 0 aliphatic heterocycles. The predicted octanol–water partition coefficient (Wildman–Crippen LogP) is 4.38. The van der Waals surface area contributed by atoms with Crippen LogP contribution in [0.3, 0.4) is 0 Å². The maximum atomic E-state index is 5.98. The van der Waals surface area contributed by atoms with E-state index < -0.39 is 0 Å². The second-order valence-corrected chi connectivity index (χ2v) is 5.20. The van der Waals surface area contributed by atoms with Gasteiger partial charge in [-0.1, -0.05) is 23.8 Å². The molecule has 0 saturated carbocycles. The fourth-order valence-electron chi connectivity index (χ4n) is 1.79. The van der Waals surface area contributed by atoms with Crippen molar-refractivity contribution < 1.29 is 4.74 Å². The van der Waals surface area contributed by atoms with Gasteiger partial charge in [-0.05, 0) is 61.4 Å². The van der Waals surface area contributed by atoms with Crippen LogP contribution in [0.5, 0.6) is 11.5 Å². The fraction of sp³-hybridized carbons (Fsp3) is 0.133. The lowest BCUT2D eigenvalue weighted by Gasteiger charge is -2.10. The Hall–Kier alpha value is -1.58. The first-order valence-corrected chi connectivity index (χ1v) is 6.60. The average molecular weight is 292 g/mol. The first-order chi connectivity index (χ1) is 8.97. The van der Waals surface area contributed by atoms with E-state index in [0.717, 1.165) is 33.2 Å². The molecule has 19 heavy (non-hydrogen) atoms. The topological polar surface area (TPSA) is 35.2 Å². The van der Waals surface area contributed by atoms with Crippen LogP contribution in [0.4, 0.5) is 0 Å². The van der Waals surface area contributed by atoms with Gasteiger partial charge in [0.15, 0.2) is 0 Å². The van der Waals surface area contributed by atoms with Crippen LogP contribution in [-0.4, -0.2) is 4.99 Å². The lowest BCUT2D eigenvalue weighted by molar-refractivity contribution is 0.482. The molecule has 0 unspecified atom stereocenters. The highest BCUT2D eigenvalue weighted by atomic mass is 35.5. The van der Waals surface area contributed by atoms with Crippen molar-refractivity contribution in [2.75, 3.05) is 0 Å². The van der Waals surface area contributed by atoms with Gasteiger partial charge in [-0.3, -0.25) is 0 Å². The van der Waals surface area contributed by atoms with Gasteiger partial charge in [0.05, 0.1) is 0 Å². The summed E-state index contributed by atoms with van der Waals surface area (Å²) in [6.45, 7) is 3.89. The van der Waals surface area contributed by atoms with Gasteiger partial charge in [0.25, 0.3) is 0 Å². The summed E-state index contributed by atoms with van der Waals surface area (Å²) in [5, 5.41) is 0.729. The molecule has 0 fully saturated rings. The van der Waals surface area contributed by atoms with Crippen molar-refractivity contribution in [2.24, 2.45) is 5.73 Å². The summed E-state index contributed by atoms with van der Waals surface area (Å²) >= 11 is 11.0. The van der Waals surface area contributed by atoms with Crippen LogP contribution < -0.4 is 10.5 Å². The van der Waals surface area contributed by atoms with E-state index in [1.165, 1.54) is 0 Å². The summed E-state index contributed by atoms with van der Waals surface area (Å²) in [7, 11) is 0. The zero-order valence-electron chi connectivity index (χ0n) is 10.7. The normalized spacial score (nSPS) is 10.3. The summed E-state index contributed by atoms with van der Waals surface area (Å²) in [6, 6.07) is 11.2. The van der Waals surface area contributed by atoms with Crippen LogP contribution in [0.2, 0.25) is 5.02 Å². The molecule has 0 heterocycles. The van der Waals surface area contributed by atoms with Crippen LogP contribution >= 0.6 is 23.8 Å². The van der Waals surface area contributed by atoms with Gasteiger partial charge in [0.1, 0.15) is 16.5 Å². The molecule has 0 atom stereocenters. The Bertz CT molecular complexity index is 640. The highest BCUT2D eigenvalue weighted by molar-refractivity contribution is 7.80. The number of thiocarbonyl (C=S) groups is 1. The van der Waals surface area contributed by atoms with E-state index in [4.69, 9.17) is 34.3 Å². The smallest absolute Gasteiger partial charge is 0.127 e. The molecule has 0 aliphatic carbocycles. The Morgan fingerprint density at radius 3 is 2.16 bits per heavy atom. The first-order valence-electron chi connectivity index (χ1n) is 5.82. The zero-order chi connectivity index (χ0) is 14.0. The molecule has 0 aromatic heterocycles. The van der Waals surface area contributed by atoms with Gasteiger partial charge < -0.3 is 10.5 Å². The van der Waals surface area contributed by atoms with Crippen LogP contribution in [-0.2, 0) is 0 Å². The Labute approximate surface area is 123 Å². The lowest BCUT2D eigenvalue weighted by atomic mass is 10.1. The quantitative estimate of drug-likeness (QED) is 0.852. The van der Waals surface area contributed by atoms with Crippen molar-refractivity contribution in [3.8, 4) is 11.5 Å². The third-order valence-corrected chi connectivity index (χ3v) is 3.47. The molecule has 2 N–H and O–H groups in total. The highest BCUT2D eigenvalue weighted by Crippen LogP contribution is 2.27. The number of aryl methyl sites for hydroxylation is 2. The summed E-state index contributed by atoms with van der Waals surface area (Å²) in [5.41, 5.74) is 8.48. The molecule has 0 aliphatic rings. The minimum atomic E-state index is 0.395. The van der Waals surface area contributed by atoms with Gasteiger partial charge in [-0.15, -0.1) is 0 Å². The number of nitrogens with two attached hydrogens (primary N) is 1. The summed E-state index contributed by atoms with van der Waals surface area (Å²) in [4.78, 5) is 0.395. The zero-order valence-corrected chi connectivity index (χ0v) is 12.3. The number of hydrogen-bond acceptors (Lipinski definition) is 2. The van der Waals surface area contributed by atoms with E-state index in [-0.39, 0.29) is 0 Å². The third kappa shape index (κ3) is 3.25. The van der Waals surface area contributed by atoms with Crippen molar-refractivity contribution >= 4 is 28.8 Å². The van der Waals surface area contributed by atoms with Crippen LogP contribution in [0.1, 0.15) is 16.7 Å². The van der Waals surface area contributed by atoms with Gasteiger partial charge in [-0.25, -0.2) is 0 Å². The summed E-state index contributed by atoms with van der Waals surface area (Å²) < 4.78 is 5.79. The van der Waals surface area contributed by atoms with E-state index in [1.807, 2.05) is 50.2 Å². The van der Waals surface area contributed by atoms with E-state index in [0.29, 0.717) is 4.99 Å². The van der Waals surface area contributed by atoms with Gasteiger partial charge in [0.2, 0.25) is 0 Å². The molecule has 0 saturated heterocycles. The second kappa shape index (κ2) is 5.59. The highest BCUT2D eigenvalue weighted by Gasteiger charge is 2.05. The van der Waals surface area contributed by atoms with E-state index in [1.54, 1.807) is 0 Å². The van der Waals surface area contributed by atoms with Crippen molar-refractivity contribution in [1.82, 2.24) is 0 Å². The Morgan fingerprint density at radius 1 is 1.05 bits per heavy atom. The number of ether oxygens (including phenoxy) is 1. The molecule has 0 spiro atoms. The average Bonchev–Trinajstić information content (AvgIpc) is 2.33. The first kappa shape index (κ1) is 13.8. The fourth-order valence-corrected chi connectivity index (χ4v) is 2.14. The third-order valence-electron chi connectivity index (χ3n) is 2.83. The van der Waals surface area contributed by atoms with Gasteiger partial charge in [-0.2, -0.15) is 0 Å². The minimum absolute atomic E-state index is 0.395. The standard InChI is InChI=1S/C15H14ClNOS/c1-9-7-11(3-5-13(9)15(17)19)18-12-4-6-14(16)10(2)8-12/h3-8H,1-2H3,(H2,17,19). The Kier molecular flexibility index (Phi) is 4.08. The molecule has 2 aromatic rings. The van der Waals surface area contributed by atoms with E-state index in [2.05, 4.69) is 0 Å². The molecule has 2 rings (SSSR count).